The lowest BCUT2D eigenvalue weighted by Gasteiger charge is -2.08. The minimum atomic E-state index is -0.821. The van der Waals surface area contributed by atoms with E-state index in [2.05, 4.69) is 25.5 Å². The Morgan fingerprint density at radius 3 is 2.50 bits per heavy atom. The number of aryl methyl sites for hydroxylation is 2. The quantitative estimate of drug-likeness (QED) is 0.410. The van der Waals surface area contributed by atoms with Crippen molar-refractivity contribution in [1.82, 2.24) is 24.7 Å². The van der Waals surface area contributed by atoms with Gasteiger partial charge in [-0.05, 0) is 39.0 Å². The number of thioether (sulfide) groups is 2. The van der Waals surface area contributed by atoms with Crippen LogP contribution in [0.2, 0.25) is 0 Å². The average Bonchev–Trinajstić information content (AvgIpc) is 3.08. The van der Waals surface area contributed by atoms with Crippen LogP contribution in [-0.4, -0.2) is 36.4 Å². The lowest BCUT2D eigenvalue weighted by Crippen LogP contribution is -2.15. The monoisotopic (exact) mass is 450 g/mol. The molecular weight excluding hydrogens is 430 g/mol. The Hall–Kier alpha value is -2.53. The minimum absolute atomic E-state index is 0.0161. The van der Waals surface area contributed by atoms with Gasteiger partial charge in [-0.3, -0.25) is 4.79 Å². The Labute approximate surface area is 181 Å². The molecule has 2 aromatic heterocycles. The van der Waals surface area contributed by atoms with Crippen LogP contribution in [0.1, 0.15) is 24.1 Å². The second kappa shape index (κ2) is 9.98. The van der Waals surface area contributed by atoms with Crippen molar-refractivity contribution in [3.8, 4) is 0 Å². The van der Waals surface area contributed by atoms with Gasteiger partial charge >= 0.3 is 0 Å². The Morgan fingerprint density at radius 1 is 1.10 bits per heavy atom. The summed E-state index contributed by atoms with van der Waals surface area (Å²) in [5, 5.41) is 12.1. The fraction of sp³-hybridized carbons (Fsp3) is 0.316. The standard InChI is InChI=1S/C19H20F2N6OS2/c1-4-27-16(9-29-18-22-11(2)7-12(3)23-18)25-26-19(27)30-10-17(28)24-15-6-5-13(20)8-14(15)21/h5-8H,4,9-10H2,1-3H3,(H,24,28). The molecule has 3 rings (SSSR count). The van der Waals surface area contributed by atoms with Crippen molar-refractivity contribution < 1.29 is 13.6 Å². The second-order valence-electron chi connectivity index (χ2n) is 6.33. The largest absolute Gasteiger partial charge is 0.323 e. The number of amides is 1. The molecule has 0 fully saturated rings. The lowest BCUT2D eigenvalue weighted by atomic mass is 10.3. The maximum absolute atomic E-state index is 13.7. The number of carbonyl (C=O) groups is 1. The van der Waals surface area contributed by atoms with Crippen molar-refractivity contribution in [3.05, 3.63) is 53.1 Å². The number of aromatic nitrogens is 5. The summed E-state index contributed by atoms with van der Waals surface area (Å²) in [4.78, 5) is 20.9. The Kier molecular flexibility index (Phi) is 7.38. The van der Waals surface area contributed by atoms with Crippen LogP contribution in [0.5, 0.6) is 0 Å². The van der Waals surface area contributed by atoms with Gasteiger partial charge in [0.2, 0.25) is 5.91 Å². The van der Waals surface area contributed by atoms with Gasteiger partial charge in [-0.15, -0.1) is 10.2 Å². The van der Waals surface area contributed by atoms with Crippen molar-refractivity contribution in [3.63, 3.8) is 0 Å². The number of halogens is 2. The van der Waals surface area contributed by atoms with Crippen molar-refractivity contribution in [2.45, 2.75) is 43.4 Å². The highest BCUT2D eigenvalue weighted by Crippen LogP contribution is 2.23. The van der Waals surface area contributed by atoms with Gasteiger partial charge in [0.1, 0.15) is 17.5 Å². The normalized spacial score (nSPS) is 11.0. The van der Waals surface area contributed by atoms with Crippen LogP contribution in [0.3, 0.4) is 0 Å². The Bertz CT molecular complexity index is 1040. The predicted molar refractivity (Wildman–Crippen MR) is 112 cm³/mol. The lowest BCUT2D eigenvalue weighted by molar-refractivity contribution is -0.113. The van der Waals surface area contributed by atoms with E-state index in [1.807, 2.05) is 31.4 Å². The zero-order chi connectivity index (χ0) is 21.7. The first-order valence-corrected chi connectivity index (χ1v) is 11.1. The third-order valence-electron chi connectivity index (χ3n) is 3.94. The smallest absolute Gasteiger partial charge is 0.234 e. The zero-order valence-electron chi connectivity index (χ0n) is 16.6. The van der Waals surface area contributed by atoms with Gasteiger partial charge in [0.05, 0.1) is 17.2 Å². The molecule has 0 atom stereocenters. The van der Waals surface area contributed by atoms with Crippen LogP contribution >= 0.6 is 23.5 Å². The third-order valence-corrected chi connectivity index (χ3v) is 5.75. The number of carbonyl (C=O) groups excluding carboxylic acids is 1. The van der Waals surface area contributed by atoms with Gasteiger partial charge in [0.15, 0.2) is 10.3 Å². The van der Waals surface area contributed by atoms with Crippen LogP contribution in [0.4, 0.5) is 14.5 Å². The summed E-state index contributed by atoms with van der Waals surface area (Å²) in [7, 11) is 0. The molecule has 1 amide bonds. The molecule has 0 saturated carbocycles. The van der Waals surface area contributed by atoms with Crippen LogP contribution in [0.25, 0.3) is 0 Å². The van der Waals surface area contributed by atoms with E-state index in [1.165, 1.54) is 29.6 Å². The average molecular weight is 451 g/mol. The van der Waals surface area contributed by atoms with Gasteiger partial charge < -0.3 is 9.88 Å². The second-order valence-corrected chi connectivity index (χ2v) is 8.21. The summed E-state index contributed by atoms with van der Waals surface area (Å²) in [6, 6.07) is 4.91. The minimum Gasteiger partial charge on any atom is -0.323 e. The van der Waals surface area contributed by atoms with Crippen LogP contribution in [-0.2, 0) is 17.1 Å². The number of nitrogens with zero attached hydrogens (tertiary/aromatic N) is 5. The molecule has 1 aromatic carbocycles. The van der Waals surface area contributed by atoms with Crippen molar-refractivity contribution in [2.75, 3.05) is 11.1 Å². The number of hydrogen-bond acceptors (Lipinski definition) is 7. The molecule has 11 heteroatoms. The van der Waals surface area contributed by atoms with Crippen molar-refractivity contribution in [2.24, 2.45) is 0 Å². The fourth-order valence-electron chi connectivity index (χ4n) is 2.64. The first kappa shape index (κ1) is 22.2. The molecule has 3 aromatic rings. The highest BCUT2D eigenvalue weighted by molar-refractivity contribution is 7.99. The van der Waals surface area contributed by atoms with Crippen LogP contribution < -0.4 is 5.32 Å². The molecule has 0 aliphatic rings. The highest BCUT2D eigenvalue weighted by Gasteiger charge is 2.15. The Morgan fingerprint density at radius 2 is 1.83 bits per heavy atom. The number of hydrogen-bond donors (Lipinski definition) is 1. The van der Waals surface area contributed by atoms with E-state index in [4.69, 9.17) is 0 Å². The zero-order valence-corrected chi connectivity index (χ0v) is 18.3. The maximum Gasteiger partial charge on any atom is 0.234 e. The molecule has 0 saturated heterocycles. The molecule has 0 aliphatic carbocycles. The van der Waals surface area contributed by atoms with Crippen LogP contribution in [0.15, 0.2) is 34.6 Å². The molecule has 0 spiro atoms. The van der Waals surface area contributed by atoms with Crippen molar-refractivity contribution in [1.29, 1.82) is 0 Å². The van der Waals surface area contributed by atoms with Crippen molar-refractivity contribution >= 4 is 35.1 Å². The first-order chi connectivity index (χ1) is 14.4. The van der Waals surface area contributed by atoms with E-state index in [0.717, 1.165) is 29.3 Å². The third kappa shape index (κ3) is 5.76. The molecule has 0 radical (unpaired) electrons. The molecule has 7 nitrogen and oxygen atoms in total. The van der Waals surface area contributed by atoms with Gasteiger partial charge in [-0.2, -0.15) is 0 Å². The summed E-state index contributed by atoms with van der Waals surface area (Å²) in [5.41, 5.74) is 1.74. The summed E-state index contributed by atoms with van der Waals surface area (Å²) in [5.74, 6) is -0.640. The van der Waals surface area contributed by atoms with E-state index in [-0.39, 0.29) is 11.4 Å². The van der Waals surface area contributed by atoms with E-state index in [9.17, 15) is 13.6 Å². The summed E-state index contributed by atoms with van der Waals surface area (Å²) in [6.07, 6.45) is 0. The number of rotatable bonds is 8. The number of nitrogens with one attached hydrogen (secondary N) is 1. The molecular formula is C19H20F2N6OS2. The molecule has 1 N–H and O–H groups in total. The topological polar surface area (TPSA) is 85.6 Å². The number of benzene rings is 1. The SMILES string of the molecule is CCn1c(CSc2nc(C)cc(C)n2)nnc1SCC(=O)Nc1ccc(F)cc1F. The predicted octanol–water partition coefficient (Wildman–Crippen LogP) is 4.01. The molecule has 2 heterocycles. The van der Waals surface area contributed by atoms with Gasteiger partial charge in [-0.25, -0.2) is 18.7 Å². The Balaban J connectivity index is 1.60. The molecule has 0 bridgehead atoms. The number of anilines is 1. The summed E-state index contributed by atoms with van der Waals surface area (Å²) < 4.78 is 28.5. The fourth-order valence-corrected chi connectivity index (χ4v) is 4.35. The first-order valence-electron chi connectivity index (χ1n) is 9.10. The maximum atomic E-state index is 13.7. The molecule has 158 valence electrons. The summed E-state index contributed by atoms with van der Waals surface area (Å²) in [6.45, 7) is 6.44. The van der Waals surface area contributed by atoms with Crippen LogP contribution in [0, 0.1) is 25.5 Å². The summed E-state index contributed by atoms with van der Waals surface area (Å²) >= 11 is 2.66. The van der Waals surface area contributed by atoms with Gasteiger partial charge in [-0.1, -0.05) is 23.5 Å². The molecule has 30 heavy (non-hydrogen) atoms. The van der Waals surface area contributed by atoms with Gasteiger partial charge in [0.25, 0.3) is 0 Å². The van der Waals surface area contributed by atoms with E-state index < -0.39 is 17.5 Å². The molecule has 0 unspecified atom stereocenters. The molecule has 0 aliphatic heterocycles. The van der Waals surface area contributed by atoms with Gasteiger partial charge in [0, 0.05) is 24.0 Å². The van der Waals surface area contributed by atoms with E-state index >= 15 is 0 Å². The highest BCUT2D eigenvalue weighted by atomic mass is 32.2. The van der Waals surface area contributed by atoms with E-state index in [0.29, 0.717) is 22.6 Å². The van der Waals surface area contributed by atoms with E-state index in [1.54, 1.807) is 0 Å².